The number of rotatable bonds is 6. The van der Waals surface area contributed by atoms with E-state index in [0.717, 1.165) is 30.3 Å². The Bertz CT molecular complexity index is 470. The normalized spacial score (nSPS) is 11.1. The molecule has 0 spiro atoms. The van der Waals surface area contributed by atoms with Crippen LogP contribution in [0.1, 0.15) is 16.3 Å². The van der Waals surface area contributed by atoms with Crippen LogP contribution in [-0.4, -0.2) is 22.3 Å². The van der Waals surface area contributed by atoms with Crippen LogP contribution in [0.25, 0.3) is 0 Å². The summed E-state index contributed by atoms with van der Waals surface area (Å²) >= 11 is 7.59. The second-order valence-electron chi connectivity index (χ2n) is 4.27. The van der Waals surface area contributed by atoms with E-state index in [0.29, 0.717) is 5.88 Å². The van der Waals surface area contributed by atoms with Gasteiger partial charge in [-0.05, 0) is 12.5 Å². The van der Waals surface area contributed by atoms with Gasteiger partial charge in [0.05, 0.1) is 6.54 Å². The third-order valence-corrected chi connectivity index (χ3v) is 3.80. The molecule has 2 aromatic rings. The average Bonchev–Trinajstić information content (AvgIpc) is 2.76. The summed E-state index contributed by atoms with van der Waals surface area (Å²) in [6.45, 7) is 4.71. The molecule has 0 bridgehead atoms. The van der Waals surface area contributed by atoms with Crippen LogP contribution in [0.15, 0.2) is 35.7 Å². The average molecular weight is 281 g/mol. The summed E-state index contributed by atoms with van der Waals surface area (Å²) in [7, 11) is 0. The first-order valence-corrected chi connectivity index (χ1v) is 7.42. The Morgan fingerprint density at radius 2 is 2.00 bits per heavy atom. The number of halogens is 1. The van der Waals surface area contributed by atoms with E-state index in [4.69, 9.17) is 11.6 Å². The van der Waals surface area contributed by atoms with E-state index >= 15 is 0 Å². The molecule has 1 aromatic carbocycles. The fourth-order valence-corrected chi connectivity index (χ4v) is 2.89. The minimum Gasteiger partial charge on any atom is -0.291 e. The van der Waals surface area contributed by atoms with Gasteiger partial charge in [0.2, 0.25) is 0 Å². The van der Waals surface area contributed by atoms with Crippen molar-refractivity contribution >= 4 is 22.9 Å². The van der Waals surface area contributed by atoms with E-state index in [9.17, 15) is 0 Å². The molecule has 0 amide bonds. The first-order chi connectivity index (χ1) is 8.78. The van der Waals surface area contributed by atoms with Crippen LogP contribution >= 0.6 is 22.9 Å². The molecule has 0 aliphatic rings. The molecule has 0 saturated carbocycles. The van der Waals surface area contributed by atoms with Crippen LogP contribution in [-0.2, 0) is 13.1 Å². The van der Waals surface area contributed by atoms with E-state index in [2.05, 4.69) is 39.5 Å². The monoisotopic (exact) mass is 280 g/mol. The second-order valence-corrected chi connectivity index (χ2v) is 5.59. The number of aromatic nitrogens is 1. The molecule has 0 aliphatic carbocycles. The fraction of sp³-hybridized carbons (Fsp3) is 0.357. The highest BCUT2D eigenvalue weighted by Crippen LogP contribution is 2.14. The maximum atomic E-state index is 5.88. The predicted molar refractivity (Wildman–Crippen MR) is 78.1 cm³/mol. The topological polar surface area (TPSA) is 16.1 Å². The maximum Gasteiger partial charge on any atom is 0.107 e. The summed E-state index contributed by atoms with van der Waals surface area (Å²) in [6, 6.07) is 10.5. The first kappa shape index (κ1) is 13.5. The highest BCUT2D eigenvalue weighted by molar-refractivity contribution is 7.09. The lowest BCUT2D eigenvalue weighted by Gasteiger charge is -2.20. The van der Waals surface area contributed by atoms with Crippen LogP contribution < -0.4 is 0 Å². The molecule has 0 fully saturated rings. The maximum absolute atomic E-state index is 5.88. The highest BCUT2D eigenvalue weighted by atomic mass is 35.5. The summed E-state index contributed by atoms with van der Waals surface area (Å²) in [5.41, 5.74) is 2.41. The third kappa shape index (κ3) is 4.09. The van der Waals surface area contributed by atoms with Gasteiger partial charge in [0, 0.05) is 30.0 Å². The van der Waals surface area contributed by atoms with Crippen molar-refractivity contribution in [2.24, 2.45) is 0 Å². The standard InChI is InChI=1S/C14H17ClN2S/c1-12-11-18-14(16-12)10-17(8-7-15)9-13-5-3-2-4-6-13/h2-6,11H,7-10H2,1H3. The van der Waals surface area contributed by atoms with Gasteiger partial charge in [-0.25, -0.2) is 4.98 Å². The largest absolute Gasteiger partial charge is 0.291 e. The van der Waals surface area contributed by atoms with Gasteiger partial charge in [-0.3, -0.25) is 4.90 Å². The number of hydrogen-bond acceptors (Lipinski definition) is 3. The van der Waals surface area contributed by atoms with Crippen LogP contribution in [0, 0.1) is 6.92 Å². The van der Waals surface area contributed by atoms with E-state index < -0.39 is 0 Å². The van der Waals surface area contributed by atoms with Crippen molar-refractivity contribution < 1.29 is 0 Å². The molecule has 0 unspecified atom stereocenters. The minimum absolute atomic E-state index is 0.650. The van der Waals surface area contributed by atoms with Gasteiger partial charge in [-0.2, -0.15) is 0 Å². The smallest absolute Gasteiger partial charge is 0.107 e. The summed E-state index contributed by atoms with van der Waals surface area (Å²) in [6.07, 6.45) is 0. The Kier molecular flexibility index (Phi) is 5.17. The van der Waals surface area contributed by atoms with Crippen molar-refractivity contribution in [2.75, 3.05) is 12.4 Å². The van der Waals surface area contributed by atoms with Gasteiger partial charge in [0.15, 0.2) is 0 Å². The van der Waals surface area contributed by atoms with Gasteiger partial charge in [-0.15, -0.1) is 22.9 Å². The Labute approximate surface area is 117 Å². The number of benzene rings is 1. The molecule has 0 saturated heterocycles. The van der Waals surface area contributed by atoms with Crippen LogP contribution in [0.2, 0.25) is 0 Å². The summed E-state index contributed by atoms with van der Waals surface area (Å²) < 4.78 is 0. The number of aryl methyl sites for hydroxylation is 1. The molecule has 96 valence electrons. The molecular weight excluding hydrogens is 264 g/mol. The third-order valence-electron chi connectivity index (χ3n) is 2.68. The van der Waals surface area contributed by atoms with E-state index in [1.165, 1.54) is 5.56 Å². The zero-order valence-electron chi connectivity index (χ0n) is 10.5. The minimum atomic E-state index is 0.650. The zero-order chi connectivity index (χ0) is 12.8. The van der Waals surface area contributed by atoms with Crippen molar-refractivity contribution in [3.05, 3.63) is 52.0 Å². The van der Waals surface area contributed by atoms with Crippen molar-refractivity contribution in [2.45, 2.75) is 20.0 Å². The lowest BCUT2D eigenvalue weighted by molar-refractivity contribution is 0.272. The Morgan fingerprint density at radius 3 is 2.61 bits per heavy atom. The Balaban J connectivity index is 1.99. The van der Waals surface area contributed by atoms with Crippen molar-refractivity contribution in [3.8, 4) is 0 Å². The molecule has 2 rings (SSSR count). The number of alkyl halides is 1. The van der Waals surface area contributed by atoms with Gasteiger partial charge >= 0.3 is 0 Å². The Morgan fingerprint density at radius 1 is 1.22 bits per heavy atom. The molecule has 1 aromatic heterocycles. The summed E-state index contributed by atoms with van der Waals surface area (Å²) in [5.74, 6) is 0.650. The van der Waals surface area contributed by atoms with Gasteiger partial charge in [0.1, 0.15) is 5.01 Å². The number of hydrogen-bond donors (Lipinski definition) is 0. The van der Waals surface area contributed by atoms with Crippen LogP contribution in [0.3, 0.4) is 0 Å². The van der Waals surface area contributed by atoms with Crippen molar-refractivity contribution in [1.29, 1.82) is 0 Å². The molecule has 18 heavy (non-hydrogen) atoms. The summed E-state index contributed by atoms with van der Waals surface area (Å²) in [4.78, 5) is 6.84. The van der Waals surface area contributed by atoms with E-state index in [1.54, 1.807) is 11.3 Å². The van der Waals surface area contributed by atoms with Crippen molar-refractivity contribution in [1.82, 2.24) is 9.88 Å². The van der Waals surface area contributed by atoms with Crippen LogP contribution in [0.5, 0.6) is 0 Å². The lowest BCUT2D eigenvalue weighted by Crippen LogP contribution is -2.24. The predicted octanol–water partition coefficient (Wildman–Crippen LogP) is 3.69. The second kappa shape index (κ2) is 6.88. The van der Waals surface area contributed by atoms with E-state index in [-0.39, 0.29) is 0 Å². The summed E-state index contributed by atoms with van der Waals surface area (Å²) in [5, 5.41) is 3.25. The van der Waals surface area contributed by atoms with Gasteiger partial charge in [-0.1, -0.05) is 30.3 Å². The van der Waals surface area contributed by atoms with Crippen LogP contribution in [0.4, 0.5) is 0 Å². The number of thiazole rings is 1. The first-order valence-electron chi connectivity index (χ1n) is 6.01. The molecule has 2 nitrogen and oxygen atoms in total. The molecular formula is C14H17ClN2S. The molecule has 4 heteroatoms. The molecule has 0 aliphatic heterocycles. The molecule has 0 radical (unpaired) electrons. The van der Waals surface area contributed by atoms with Gasteiger partial charge in [0.25, 0.3) is 0 Å². The van der Waals surface area contributed by atoms with Gasteiger partial charge < -0.3 is 0 Å². The molecule has 1 heterocycles. The zero-order valence-corrected chi connectivity index (χ0v) is 12.0. The quantitative estimate of drug-likeness (QED) is 0.750. The SMILES string of the molecule is Cc1csc(CN(CCCl)Cc2ccccc2)n1. The van der Waals surface area contributed by atoms with Crippen molar-refractivity contribution in [3.63, 3.8) is 0 Å². The highest BCUT2D eigenvalue weighted by Gasteiger charge is 2.08. The number of nitrogens with zero attached hydrogens (tertiary/aromatic N) is 2. The fourth-order valence-electron chi connectivity index (χ4n) is 1.84. The molecule has 0 atom stereocenters. The van der Waals surface area contributed by atoms with E-state index in [1.807, 2.05) is 13.0 Å². The Hall–Kier alpha value is -0.900. The lowest BCUT2D eigenvalue weighted by atomic mass is 10.2. The molecule has 0 N–H and O–H groups in total.